The standard InChI is InChI=1S/C22H24F3N7OS.C3H8.C2H6/c1-12(2)32-8-5-14(29-32)17-16(22(23,24)25)15-19(31-7-4-13(10-31)11-33)27-18(28-21(15)34-17)20-26-6-9-30(20)3;1-3-2;1-2/h5-6,8-9,12-13,33H,4,7,10-11H2,1-3H3;3H2,1-2H3;1-2H3. The Labute approximate surface area is 231 Å². The van der Waals surface area contributed by atoms with Crippen molar-refractivity contribution in [2.75, 3.05) is 24.6 Å². The second-order valence-electron chi connectivity index (χ2n) is 9.48. The molecule has 1 saturated heterocycles. The number of thiophene rings is 1. The summed E-state index contributed by atoms with van der Waals surface area (Å²) in [5.74, 6) is 0.929. The lowest BCUT2D eigenvalue weighted by Crippen LogP contribution is -2.23. The Morgan fingerprint density at radius 1 is 1.15 bits per heavy atom. The average Bonchev–Trinajstić information content (AvgIpc) is 3.69. The van der Waals surface area contributed by atoms with Gasteiger partial charge in [0, 0.05) is 57.3 Å². The minimum absolute atomic E-state index is 0.0165. The normalized spacial score (nSPS) is 15.4. The Hall–Kier alpha value is -2.99. The third-order valence-corrected chi connectivity index (χ3v) is 7.16. The van der Waals surface area contributed by atoms with Gasteiger partial charge in [0.15, 0.2) is 11.6 Å². The SMILES string of the molecule is CC.CC(C)n1ccc(-c2sc3nc(-c4nccn4C)nc(N4CCC(CO)C4)c3c2C(F)(F)F)n1.CCC. The molecule has 1 aliphatic heterocycles. The molecule has 0 saturated carbocycles. The number of aliphatic hydroxyl groups excluding tert-OH is 1. The van der Waals surface area contributed by atoms with Gasteiger partial charge in [0.25, 0.3) is 0 Å². The van der Waals surface area contributed by atoms with Gasteiger partial charge in [0.1, 0.15) is 16.3 Å². The van der Waals surface area contributed by atoms with Crippen LogP contribution in [0.5, 0.6) is 0 Å². The van der Waals surface area contributed by atoms with Crippen LogP contribution in [0.25, 0.3) is 32.4 Å². The number of anilines is 1. The second-order valence-corrected chi connectivity index (χ2v) is 10.5. The second kappa shape index (κ2) is 12.9. The van der Waals surface area contributed by atoms with Crippen LogP contribution in [0.3, 0.4) is 0 Å². The van der Waals surface area contributed by atoms with E-state index in [1.165, 1.54) is 6.42 Å². The number of halogens is 3. The first kappa shape index (κ1) is 30.6. The lowest BCUT2D eigenvalue weighted by Gasteiger charge is -2.20. The first-order chi connectivity index (χ1) is 18.6. The van der Waals surface area contributed by atoms with Crippen molar-refractivity contribution in [2.45, 2.75) is 66.6 Å². The average molecular weight is 566 g/mol. The predicted octanol–water partition coefficient (Wildman–Crippen LogP) is 6.82. The van der Waals surface area contributed by atoms with Crippen LogP contribution in [0.2, 0.25) is 0 Å². The van der Waals surface area contributed by atoms with Crippen LogP contribution in [0.1, 0.15) is 66.0 Å². The summed E-state index contributed by atoms with van der Waals surface area (Å²) in [6.07, 6.45) is 2.31. The molecule has 1 fully saturated rings. The summed E-state index contributed by atoms with van der Waals surface area (Å²) in [7, 11) is 1.78. The molecule has 1 atom stereocenters. The maximum Gasteiger partial charge on any atom is 0.418 e. The van der Waals surface area contributed by atoms with Gasteiger partial charge in [-0.15, -0.1) is 11.3 Å². The van der Waals surface area contributed by atoms with Crippen molar-refractivity contribution in [3.8, 4) is 22.2 Å². The van der Waals surface area contributed by atoms with Gasteiger partial charge in [-0.2, -0.15) is 18.3 Å². The van der Waals surface area contributed by atoms with Gasteiger partial charge in [-0.1, -0.05) is 34.1 Å². The van der Waals surface area contributed by atoms with Crippen molar-refractivity contribution < 1.29 is 18.3 Å². The molecule has 1 aliphatic rings. The molecular weight excluding hydrogens is 527 g/mol. The summed E-state index contributed by atoms with van der Waals surface area (Å²) in [6.45, 7) is 13.0. The Kier molecular flexibility index (Phi) is 10.1. The molecule has 214 valence electrons. The van der Waals surface area contributed by atoms with E-state index in [4.69, 9.17) is 0 Å². The molecule has 0 bridgehead atoms. The number of aromatic nitrogens is 6. The summed E-state index contributed by atoms with van der Waals surface area (Å²) in [4.78, 5) is 15.5. The molecule has 0 spiro atoms. The first-order valence-corrected chi connectivity index (χ1v) is 14.2. The van der Waals surface area contributed by atoms with E-state index in [0.717, 1.165) is 11.3 Å². The van der Waals surface area contributed by atoms with Gasteiger partial charge >= 0.3 is 6.18 Å². The van der Waals surface area contributed by atoms with Crippen molar-refractivity contribution in [1.82, 2.24) is 29.3 Å². The van der Waals surface area contributed by atoms with Gasteiger partial charge in [-0.3, -0.25) is 4.68 Å². The van der Waals surface area contributed by atoms with E-state index >= 15 is 0 Å². The van der Waals surface area contributed by atoms with Crippen molar-refractivity contribution in [3.63, 3.8) is 0 Å². The van der Waals surface area contributed by atoms with Crippen LogP contribution in [0.15, 0.2) is 24.7 Å². The molecule has 4 aromatic heterocycles. The zero-order valence-electron chi connectivity index (χ0n) is 23.6. The number of alkyl halides is 3. The Balaban J connectivity index is 0.000000787. The summed E-state index contributed by atoms with van der Waals surface area (Å²) in [6, 6.07) is 1.62. The molecule has 5 rings (SSSR count). The van der Waals surface area contributed by atoms with Crippen LogP contribution >= 0.6 is 11.3 Å². The Morgan fingerprint density at radius 2 is 1.85 bits per heavy atom. The summed E-state index contributed by atoms with van der Waals surface area (Å²) in [5, 5.41) is 14.0. The summed E-state index contributed by atoms with van der Waals surface area (Å²) >= 11 is 0.966. The van der Waals surface area contributed by atoms with Gasteiger partial charge in [0.2, 0.25) is 0 Å². The topological polar surface area (TPSA) is 84.9 Å². The monoisotopic (exact) mass is 565 g/mol. The van der Waals surface area contributed by atoms with Crippen molar-refractivity contribution in [1.29, 1.82) is 0 Å². The van der Waals surface area contributed by atoms with E-state index < -0.39 is 11.7 Å². The summed E-state index contributed by atoms with van der Waals surface area (Å²) < 4.78 is 47.0. The minimum Gasteiger partial charge on any atom is -0.396 e. The number of rotatable bonds is 5. The maximum absolute atomic E-state index is 14.6. The van der Waals surface area contributed by atoms with Gasteiger partial charge in [-0.25, -0.2) is 15.0 Å². The van der Waals surface area contributed by atoms with E-state index in [1.807, 2.05) is 32.6 Å². The number of imidazole rings is 1. The van der Waals surface area contributed by atoms with Crippen LogP contribution in [0, 0.1) is 5.92 Å². The van der Waals surface area contributed by atoms with Crippen molar-refractivity contribution in [3.05, 3.63) is 30.2 Å². The number of aliphatic hydroxyl groups is 1. The lowest BCUT2D eigenvalue weighted by atomic mass is 10.1. The Morgan fingerprint density at radius 3 is 2.36 bits per heavy atom. The first-order valence-electron chi connectivity index (χ1n) is 13.4. The molecule has 0 aromatic carbocycles. The third kappa shape index (κ3) is 6.43. The van der Waals surface area contributed by atoms with Gasteiger partial charge in [-0.05, 0) is 26.3 Å². The van der Waals surface area contributed by atoms with Gasteiger partial charge in [0.05, 0.1) is 15.8 Å². The van der Waals surface area contributed by atoms with Gasteiger partial charge < -0.3 is 14.6 Å². The third-order valence-electron chi connectivity index (χ3n) is 6.05. The molecule has 1 N–H and O–H groups in total. The highest BCUT2D eigenvalue weighted by Crippen LogP contribution is 2.49. The minimum atomic E-state index is -4.63. The Bertz CT molecular complexity index is 1360. The number of fused-ring (bicyclic) bond motifs is 1. The molecule has 1 unspecified atom stereocenters. The molecule has 4 aromatic rings. The van der Waals surface area contributed by atoms with Crippen LogP contribution < -0.4 is 4.90 Å². The van der Waals surface area contributed by atoms with Crippen molar-refractivity contribution in [2.24, 2.45) is 13.0 Å². The van der Waals surface area contributed by atoms with E-state index in [-0.39, 0.29) is 51.0 Å². The smallest absolute Gasteiger partial charge is 0.396 e. The molecule has 5 heterocycles. The molecule has 0 radical (unpaired) electrons. The molecule has 39 heavy (non-hydrogen) atoms. The van der Waals surface area contributed by atoms with E-state index in [9.17, 15) is 18.3 Å². The highest BCUT2D eigenvalue weighted by molar-refractivity contribution is 7.22. The molecule has 0 amide bonds. The van der Waals surface area contributed by atoms with Crippen molar-refractivity contribution >= 4 is 27.4 Å². The fraction of sp³-hybridized carbons (Fsp3) is 0.556. The van der Waals surface area contributed by atoms with E-state index in [2.05, 4.69) is 33.9 Å². The maximum atomic E-state index is 14.6. The zero-order valence-corrected chi connectivity index (χ0v) is 24.4. The molecule has 8 nitrogen and oxygen atoms in total. The quantitative estimate of drug-likeness (QED) is 0.286. The van der Waals surface area contributed by atoms with Crippen LogP contribution in [-0.2, 0) is 13.2 Å². The van der Waals surface area contributed by atoms with Crippen LogP contribution in [0.4, 0.5) is 19.0 Å². The molecule has 12 heteroatoms. The summed E-state index contributed by atoms with van der Waals surface area (Å²) in [5.41, 5.74) is -0.515. The highest BCUT2D eigenvalue weighted by atomic mass is 32.1. The lowest BCUT2D eigenvalue weighted by molar-refractivity contribution is -0.135. The fourth-order valence-corrected chi connectivity index (χ4v) is 5.42. The van der Waals surface area contributed by atoms with E-state index in [1.54, 1.807) is 41.0 Å². The number of hydrogen-bond acceptors (Lipinski definition) is 7. The number of nitrogens with zero attached hydrogens (tertiary/aromatic N) is 7. The highest BCUT2D eigenvalue weighted by Gasteiger charge is 2.41. The molecule has 0 aliphatic carbocycles. The van der Waals surface area contributed by atoms with Crippen LogP contribution in [-0.4, -0.2) is 54.1 Å². The predicted molar refractivity (Wildman–Crippen MR) is 151 cm³/mol. The van der Waals surface area contributed by atoms with E-state index in [0.29, 0.717) is 25.3 Å². The number of aryl methyl sites for hydroxylation is 1. The fourth-order valence-electron chi connectivity index (χ4n) is 4.26. The number of hydrogen-bond donors (Lipinski definition) is 1. The zero-order chi connectivity index (χ0) is 28.9. The molecular formula is C27H38F3N7OS. The largest absolute Gasteiger partial charge is 0.418 e.